The first-order valence-electron chi connectivity index (χ1n) is 7.55. The lowest BCUT2D eigenvalue weighted by Crippen LogP contribution is -2.31. The summed E-state index contributed by atoms with van der Waals surface area (Å²) >= 11 is 5.98. The Morgan fingerprint density at radius 2 is 2.05 bits per heavy atom. The molecule has 1 aliphatic heterocycles. The summed E-state index contributed by atoms with van der Waals surface area (Å²) in [6.07, 6.45) is 2.08. The van der Waals surface area contributed by atoms with Crippen molar-refractivity contribution in [2.45, 2.75) is 32.7 Å². The van der Waals surface area contributed by atoms with Gasteiger partial charge in [0.05, 0.1) is 11.5 Å². The van der Waals surface area contributed by atoms with Gasteiger partial charge in [-0.05, 0) is 54.9 Å². The van der Waals surface area contributed by atoms with Crippen molar-refractivity contribution < 1.29 is 13.2 Å². The zero-order valence-electron chi connectivity index (χ0n) is 12.6. The Morgan fingerprint density at radius 1 is 1.36 bits per heavy atom. The molecule has 120 valence electrons. The molecular formula is C16H20ClNO3S. The van der Waals surface area contributed by atoms with Crippen molar-refractivity contribution in [1.29, 1.82) is 0 Å². The molecule has 1 unspecified atom stereocenters. The predicted molar refractivity (Wildman–Crippen MR) is 86.5 cm³/mol. The van der Waals surface area contributed by atoms with Gasteiger partial charge in [-0.2, -0.15) is 0 Å². The Hall–Kier alpha value is -1.07. The van der Waals surface area contributed by atoms with Crippen LogP contribution < -0.4 is 5.32 Å². The van der Waals surface area contributed by atoms with Gasteiger partial charge in [0, 0.05) is 17.5 Å². The lowest BCUT2D eigenvalue weighted by molar-refractivity contribution is -0.123. The molecule has 2 fully saturated rings. The highest BCUT2D eigenvalue weighted by Crippen LogP contribution is 2.59. The van der Waals surface area contributed by atoms with Crippen molar-refractivity contribution >= 4 is 27.3 Å². The predicted octanol–water partition coefficient (Wildman–Crippen LogP) is 2.48. The molecule has 6 heteroatoms. The standard InChI is InChI=1S/C16H20ClNO3S/c1-11-2-3-13(17)8-12(11)10-18-15(19)14-9-16(14)4-6-22(20,21)7-5-16/h2-3,8,14H,4-7,9-10H2,1H3,(H,18,19). The normalized spacial score (nSPS) is 24.9. The van der Waals surface area contributed by atoms with Gasteiger partial charge < -0.3 is 5.32 Å². The number of hydrogen-bond donors (Lipinski definition) is 1. The van der Waals surface area contributed by atoms with E-state index in [1.54, 1.807) is 0 Å². The molecule has 1 spiro atoms. The number of carbonyl (C=O) groups is 1. The highest BCUT2D eigenvalue weighted by Gasteiger charge is 2.59. The number of rotatable bonds is 3. The van der Waals surface area contributed by atoms with E-state index in [0.717, 1.165) is 17.5 Å². The topological polar surface area (TPSA) is 63.2 Å². The molecule has 0 radical (unpaired) electrons. The zero-order chi connectivity index (χ0) is 16.0. The summed E-state index contributed by atoms with van der Waals surface area (Å²) in [4.78, 5) is 12.3. The summed E-state index contributed by atoms with van der Waals surface area (Å²) in [6, 6.07) is 5.64. The Bertz CT molecular complexity index is 700. The van der Waals surface area contributed by atoms with Gasteiger partial charge in [0.2, 0.25) is 5.91 Å². The van der Waals surface area contributed by atoms with Crippen LogP contribution in [0.15, 0.2) is 18.2 Å². The first-order valence-corrected chi connectivity index (χ1v) is 9.74. The van der Waals surface area contributed by atoms with Gasteiger partial charge in [-0.3, -0.25) is 4.79 Å². The minimum atomic E-state index is -2.87. The number of amides is 1. The molecule has 1 saturated heterocycles. The Labute approximate surface area is 136 Å². The van der Waals surface area contributed by atoms with Crippen LogP contribution >= 0.6 is 11.6 Å². The fourth-order valence-electron chi connectivity index (χ4n) is 3.35. The first-order chi connectivity index (χ1) is 10.3. The van der Waals surface area contributed by atoms with E-state index >= 15 is 0 Å². The third kappa shape index (κ3) is 3.15. The average Bonchev–Trinajstić information content (AvgIpc) is 3.18. The molecule has 4 nitrogen and oxygen atoms in total. The van der Waals surface area contributed by atoms with Crippen LogP contribution in [-0.2, 0) is 21.2 Å². The van der Waals surface area contributed by atoms with Gasteiger partial charge in [-0.15, -0.1) is 0 Å². The molecule has 1 heterocycles. The fraction of sp³-hybridized carbons (Fsp3) is 0.562. The summed E-state index contributed by atoms with van der Waals surface area (Å²) in [7, 11) is -2.87. The zero-order valence-corrected chi connectivity index (χ0v) is 14.1. The second kappa shape index (κ2) is 5.53. The van der Waals surface area contributed by atoms with Crippen LogP contribution in [0.1, 0.15) is 30.4 Å². The molecule has 1 N–H and O–H groups in total. The van der Waals surface area contributed by atoms with Gasteiger partial charge >= 0.3 is 0 Å². The fourth-order valence-corrected chi connectivity index (χ4v) is 5.19. The molecule has 0 bridgehead atoms. The maximum Gasteiger partial charge on any atom is 0.223 e. The Morgan fingerprint density at radius 3 is 2.73 bits per heavy atom. The molecule has 1 atom stereocenters. The third-order valence-corrected chi connectivity index (χ3v) is 6.98. The van der Waals surface area contributed by atoms with Crippen LogP contribution in [0.5, 0.6) is 0 Å². The minimum absolute atomic E-state index is 0.0255. The van der Waals surface area contributed by atoms with Crippen LogP contribution in [0.2, 0.25) is 5.02 Å². The summed E-state index contributed by atoms with van der Waals surface area (Å²) in [5.74, 6) is 0.468. The van der Waals surface area contributed by atoms with Crippen molar-refractivity contribution in [3.8, 4) is 0 Å². The van der Waals surface area contributed by atoms with Crippen molar-refractivity contribution in [1.82, 2.24) is 5.32 Å². The molecule has 1 aliphatic carbocycles. The van der Waals surface area contributed by atoms with E-state index in [0.29, 0.717) is 24.4 Å². The van der Waals surface area contributed by atoms with E-state index < -0.39 is 9.84 Å². The molecule has 1 amide bonds. The van der Waals surface area contributed by atoms with E-state index in [1.807, 2.05) is 25.1 Å². The molecule has 3 rings (SSSR count). The molecule has 1 aromatic carbocycles. The molecule has 1 aromatic rings. The summed E-state index contributed by atoms with van der Waals surface area (Å²) in [6.45, 7) is 2.46. The van der Waals surface area contributed by atoms with Crippen molar-refractivity contribution in [3.63, 3.8) is 0 Å². The van der Waals surface area contributed by atoms with E-state index in [-0.39, 0.29) is 28.7 Å². The van der Waals surface area contributed by atoms with E-state index in [4.69, 9.17) is 11.6 Å². The average molecular weight is 342 g/mol. The highest BCUT2D eigenvalue weighted by molar-refractivity contribution is 7.91. The van der Waals surface area contributed by atoms with Gasteiger partial charge in [0.25, 0.3) is 0 Å². The van der Waals surface area contributed by atoms with Gasteiger partial charge in [-0.25, -0.2) is 8.42 Å². The van der Waals surface area contributed by atoms with Crippen LogP contribution in [0.3, 0.4) is 0 Å². The van der Waals surface area contributed by atoms with E-state index in [9.17, 15) is 13.2 Å². The number of halogens is 1. The number of carbonyl (C=O) groups excluding carboxylic acids is 1. The maximum absolute atomic E-state index is 12.3. The summed E-state index contributed by atoms with van der Waals surface area (Å²) in [5, 5.41) is 3.64. The van der Waals surface area contributed by atoms with Crippen molar-refractivity contribution in [2.75, 3.05) is 11.5 Å². The van der Waals surface area contributed by atoms with Crippen LogP contribution in [0.4, 0.5) is 0 Å². The highest BCUT2D eigenvalue weighted by atomic mass is 35.5. The monoisotopic (exact) mass is 341 g/mol. The Kier molecular flexibility index (Phi) is 3.98. The smallest absolute Gasteiger partial charge is 0.223 e. The molecule has 2 aliphatic rings. The molecule has 1 saturated carbocycles. The molecule has 22 heavy (non-hydrogen) atoms. The van der Waals surface area contributed by atoms with Crippen LogP contribution in [0, 0.1) is 18.3 Å². The molecular weight excluding hydrogens is 322 g/mol. The number of sulfone groups is 1. The van der Waals surface area contributed by atoms with E-state index in [1.165, 1.54) is 0 Å². The minimum Gasteiger partial charge on any atom is -0.352 e. The summed E-state index contributed by atoms with van der Waals surface area (Å²) < 4.78 is 23.0. The largest absolute Gasteiger partial charge is 0.352 e. The van der Waals surface area contributed by atoms with Gasteiger partial charge in [0.1, 0.15) is 9.84 Å². The quantitative estimate of drug-likeness (QED) is 0.918. The number of nitrogens with one attached hydrogen (secondary N) is 1. The van der Waals surface area contributed by atoms with Gasteiger partial charge in [0.15, 0.2) is 0 Å². The Balaban J connectivity index is 1.57. The van der Waals surface area contributed by atoms with Crippen LogP contribution in [0.25, 0.3) is 0 Å². The maximum atomic E-state index is 12.3. The number of benzene rings is 1. The van der Waals surface area contributed by atoms with E-state index in [2.05, 4.69) is 5.32 Å². The van der Waals surface area contributed by atoms with Crippen molar-refractivity contribution in [2.24, 2.45) is 11.3 Å². The third-order valence-electron chi connectivity index (χ3n) is 5.09. The second-order valence-electron chi connectivity index (χ2n) is 6.56. The lowest BCUT2D eigenvalue weighted by atomic mass is 9.96. The lowest BCUT2D eigenvalue weighted by Gasteiger charge is -2.22. The number of aryl methyl sites for hydroxylation is 1. The van der Waals surface area contributed by atoms with Gasteiger partial charge in [-0.1, -0.05) is 17.7 Å². The second-order valence-corrected chi connectivity index (χ2v) is 9.30. The molecule has 0 aromatic heterocycles. The van der Waals surface area contributed by atoms with Crippen molar-refractivity contribution in [3.05, 3.63) is 34.3 Å². The van der Waals surface area contributed by atoms with Crippen LogP contribution in [-0.4, -0.2) is 25.8 Å². The first kappa shape index (κ1) is 15.8. The SMILES string of the molecule is Cc1ccc(Cl)cc1CNC(=O)C1CC12CCS(=O)(=O)CC2. The number of hydrogen-bond acceptors (Lipinski definition) is 3. The summed E-state index contributed by atoms with van der Waals surface area (Å²) in [5.41, 5.74) is 2.06.